The van der Waals surface area contributed by atoms with Gasteiger partial charge in [-0.25, -0.2) is 0 Å². The standard InChI is InChI=1S/C25H32Cl2N2O2/c1-19-16-20(6-8-23(19)30-14-4-10-26)25(2,3)21-7-9-24(22(27)17-21)31-15-5-12-29-13-11-28-18-29/h6-9,16-18H,4-5,10-15H2,1-3H3. The van der Waals surface area contributed by atoms with Gasteiger partial charge in [-0.2, -0.15) is 0 Å². The quantitative estimate of drug-likeness (QED) is 0.299. The highest BCUT2D eigenvalue weighted by molar-refractivity contribution is 6.32. The first-order chi connectivity index (χ1) is 14.9. The fourth-order valence-electron chi connectivity index (χ4n) is 3.65. The second kappa shape index (κ2) is 11.1. The molecule has 31 heavy (non-hydrogen) atoms. The molecule has 0 saturated carbocycles. The van der Waals surface area contributed by atoms with Gasteiger partial charge in [0.2, 0.25) is 0 Å². The summed E-state index contributed by atoms with van der Waals surface area (Å²) >= 11 is 12.3. The lowest BCUT2D eigenvalue weighted by molar-refractivity contribution is 0.292. The molecule has 1 aliphatic heterocycles. The number of ether oxygens (including phenoxy) is 2. The molecule has 0 aromatic heterocycles. The van der Waals surface area contributed by atoms with Crippen LogP contribution in [0.1, 0.15) is 43.4 Å². The number of aliphatic imine (C=N–C) groups is 1. The Morgan fingerprint density at radius 2 is 1.68 bits per heavy atom. The third kappa shape index (κ3) is 6.30. The second-order valence-electron chi connectivity index (χ2n) is 8.40. The number of alkyl halides is 1. The Balaban J connectivity index is 1.63. The first-order valence-corrected chi connectivity index (χ1v) is 11.8. The SMILES string of the molecule is Cc1cc(C(C)(C)c2ccc(OCCCN3C=NCC3)c(Cl)c2)ccc1OCCCCl. The third-order valence-corrected chi connectivity index (χ3v) is 6.26. The Labute approximate surface area is 196 Å². The van der Waals surface area contributed by atoms with Crippen LogP contribution in [0.3, 0.4) is 0 Å². The van der Waals surface area contributed by atoms with Gasteiger partial charge in [-0.15, -0.1) is 11.6 Å². The van der Waals surface area contributed by atoms with Crippen molar-refractivity contribution in [3.8, 4) is 11.5 Å². The summed E-state index contributed by atoms with van der Waals surface area (Å²) in [5.74, 6) is 2.25. The molecule has 0 saturated heterocycles. The summed E-state index contributed by atoms with van der Waals surface area (Å²) < 4.78 is 11.8. The van der Waals surface area contributed by atoms with Crippen LogP contribution in [0.2, 0.25) is 5.02 Å². The molecule has 1 aliphatic rings. The van der Waals surface area contributed by atoms with Crippen molar-refractivity contribution in [3.05, 3.63) is 58.1 Å². The monoisotopic (exact) mass is 462 g/mol. The van der Waals surface area contributed by atoms with Gasteiger partial charge in [0.25, 0.3) is 0 Å². The zero-order chi connectivity index (χ0) is 22.3. The van der Waals surface area contributed by atoms with E-state index in [9.17, 15) is 0 Å². The lowest BCUT2D eigenvalue weighted by Crippen LogP contribution is -2.22. The van der Waals surface area contributed by atoms with E-state index in [1.807, 2.05) is 24.5 Å². The molecule has 0 fully saturated rings. The van der Waals surface area contributed by atoms with E-state index in [1.54, 1.807) is 0 Å². The summed E-state index contributed by atoms with van der Waals surface area (Å²) in [6.07, 6.45) is 3.70. The summed E-state index contributed by atoms with van der Waals surface area (Å²) in [7, 11) is 0. The molecule has 2 aromatic rings. The average Bonchev–Trinajstić information content (AvgIpc) is 3.27. The van der Waals surface area contributed by atoms with E-state index in [-0.39, 0.29) is 5.41 Å². The molecule has 0 radical (unpaired) electrons. The number of hydrogen-bond acceptors (Lipinski definition) is 4. The van der Waals surface area contributed by atoms with Gasteiger partial charge in [-0.05, 0) is 54.7 Å². The van der Waals surface area contributed by atoms with Crippen LogP contribution in [0.15, 0.2) is 41.4 Å². The summed E-state index contributed by atoms with van der Waals surface area (Å²) in [5, 5.41) is 0.644. The van der Waals surface area contributed by atoms with E-state index < -0.39 is 0 Å². The molecule has 0 bridgehead atoms. The minimum absolute atomic E-state index is 0.198. The van der Waals surface area contributed by atoms with E-state index in [4.69, 9.17) is 32.7 Å². The van der Waals surface area contributed by atoms with Crippen molar-refractivity contribution in [2.24, 2.45) is 4.99 Å². The molecule has 1 heterocycles. The summed E-state index contributed by atoms with van der Waals surface area (Å²) in [6, 6.07) is 12.5. The van der Waals surface area contributed by atoms with Gasteiger partial charge in [0, 0.05) is 24.4 Å². The van der Waals surface area contributed by atoms with Crippen LogP contribution >= 0.6 is 23.2 Å². The lowest BCUT2D eigenvalue weighted by atomic mass is 9.77. The number of halogens is 2. The zero-order valence-corrected chi connectivity index (χ0v) is 20.2. The van der Waals surface area contributed by atoms with E-state index in [2.05, 4.69) is 48.9 Å². The molecule has 6 heteroatoms. The van der Waals surface area contributed by atoms with Crippen LogP contribution < -0.4 is 9.47 Å². The van der Waals surface area contributed by atoms with Crippen LogP contribution in [0.5, 0.6) is 11.5 Å². The molecular formula is C25H32Cl2N2O2. The lowest BCUT2D eigenvalue weighted by Gasteiger charge is -2.27. The van der Waals surface area contributed by atoms with Crippen molar-refractivity contribution < 1.29 is 9.47 Å². The van der Waals surface area contributed by atoms with Crippen molar-refractivity contribution in [2.45, 2.75) is 39.0 Å². The maximum atomic E-state index is 6.57. The van der Waals surface area contributed by atoms with Crippen LogP contribution in [-0.2, 0) is 5.41 Å². The average molecular weight is 463 g/mol. The van der Waals surface area contributed by atoms with Gasteiger partial charge in [0.1, 0.15) is 11.5 Å². The van der Waals surface area contributed by atoms with Crippen LogP contribution in [-0.4, -0.2) is 50.0 Å². The molecule has 4 nitrogen and oxygen atoms in total. The predicted octanol–water partition coefficient (Wildman–Crippen LogP) is 6.09. The largest absolute Gasteiger partial charge is 0.493 e. The minimum atomic E-state index is -0.198. The van der Waals surface area contributed by atoms with Gasteiger partial charge >= 0.3 is 0 Å². The molecule has 168 valence electrons. The topological polar surface area (TPSA) is 34.1 Å². The van der Waals surface area contributed by atoms with E-state index >= 15 is 0 Å². The molecule has 0 aliphatic carbocycles. The Bertz CT molecular complexity index is 899. The number of rotatable bonds is 11. The molecule has 0 spiro atoms. The van der Waals surface area contributed by atoms with E-state index in [0.717, 1.165) is 55.1 Å². The highest BCUT2D eigenvalue weighted by Gasteiger charge is 2.25. The Morgan fingerprint density at radius 1 is 1.00 bits per heavy atom. The summed E-state index contributed by atoms with van der Waals surface area (Å²) in [6.45, 7) is 10.6. The molecule has 0 amide bonds. The smallest absolute Gasteiger partial charge is 0.137 e. The van der Waals surface area contributed by atoms with Crippen molar-refractivity contribution in [1.29, 1.82) is 0 Å². The highest BCUT2D eigenvalue weighted by atomic mass is 35.5. The molecule has 0 atom stereocenters. The highest BCUT2D eigenvalue weighted by Crippen LogP contribution is 2.37. The normalized spacial score (nSPS) is 13.6. The maximum Gasteiger partial charge on any atom is 0.137 e. The number of hydrogen-bond donors (Lipinski definition) is 0. The molecule has 2 aromatic carbocycles. The first-order valence-electron chi connectivity index (χ1n) is 10.9. The fourth-order valence-corrected chi connectivity index (χ4v) is 3.99. The van der Waals surface area contributed by atoms with Crippen LogP contribution in [0.25, 0.3) is 0 Å². The van der Waals surface area contributed by atoms with E-state index in [0.29, 0.717) is 24.1 Å². The molecular weight excluding hydrogens is 431 g/mol. The first kappa shape index (κ1) is 23.7. The van der Waals surface area contributed by atoms with Crippen molar-refractivity contribution in [3.63, 3.8) is 0 Å². The van der Waals surface area contributed by atoms with Gasteiger partial charge in [-0.3, -0.25) is 4.99 Å². The molecule has 3 rings (SSSR count). The van der Waals surface area contributed by atoms with Gasteiger partial charge < -0.3 is 14.4 Å². The summed E-state index contributed by atoms with van der Waals surface area (Å²) in [4.78, 5) is 6.44. The van der Waals surface area contributed by atoms with Crippen LogP contribution in [0.4, 0.5) is 0 Å². The van der Waals surface area contributed by atoms with Gasteiger partial charge in [0.15, 0.2) is 0 Å². The Morgan fingerprint density at radius 3 is 2.32 bits per heavy atom. The summed E-state index contributed by atoms with van der Waals surface area (Å²) in [5.41, 5.74) is 3.28. The van der Waals surface area contributed by atoms with E-state index in [1.165, 1.54) is 5.56 Å². The Kier molecular flexibility index (Phi) is 8.50. The predicted molar refractivity (Wildman–Crippen MR) is 131 cm³/mol. The fraction of sp³-hybridized carbons (Fsp3) is 0.480. The molecule has 0 unspecified atom stereocenters. The van der Waals surface area contributed by atoms with Crippen molar-refractivity contribution in [1.82, 2.24) is 4.90 Å². The van der Waals surface area contributed by atoms with Crippen LogP contribution in [0, 0.1) is 6.92 Å². The minimum Gasteiger partial charge on any atom is -0.493 e. The van der Waals surface area contributed by atoms with Gasteiger partial charge in [0.05, 0.1) is 31.1 Å². The number of aryl methyl sites for hydroxylation is 1. The Hall–Kier alpha value is -1.91. The van der Waals surface area contributed by atoms with Crippen molar-refractivity contribution in [2.75, 3.05) is 38.7 Å². The third-order valence-electron chi connectivity index (χ3n) is 5.69. The second-order valence-corrected chi connectivity index (χ2v) is 9.19. The zero-order valence-electron chi connectivity index (χ0n) is 18.7. The maximum absolute atomic E-state index is 6.57. The molecule has 0 N–H and O–H groups in total. The number of nitrogens with zero attached hydrogens (tertiary/aromatic N) is 2. The number of benzene rings is 2. The van der Waals surface area contributed by atoms with Gasteiger partial charge in [-0.1, -0.05) is 43.6 Å². The van der Waals surface area contributed by atoms with Crippen molar-refractivity contribution >= 4 is 29.5 Å².